The molecule has 0 aromatic heterocycles. The molecule has 0 saturated carbocycles. The molecule has 1 fully saturated rings. The molecule has 0 aromatic carbocycles. The Hall–Kier alpha value is -0.0800. The first kappa shape index (κ1) is 13.0. The van der Waals surface area contributed by atoms with Gasteiger partial charge in [0.15, 0.2) is 0 Å². The van der Waals surface area contributed by atoms with Crippen LogP contribution in [0, 0.1) is 5.92 Å². The van der Waals surface area contributed by atoms with Crippen LogP contribution in [0.5, 0.6) is 0 Å². The zero-order chi connectivity index (χ0) is 11.3. The van der Waals surface area contributed by atoms with Crippen molar-refractivity contribution in [1.29, 1.82) is 0 Å². The van der Waals surface area contributed by atoms with Gasteiger partial charge in [0.1, 0.15) is 0 Å². The highest BCUT2D eigenvalue weighted by molar-refractivity contribution is 4.94. The Kier molecular flexibility index (Phi) is 5.07. The van der Waals surface area contributed by atoms with Crippen molar-refractivity contribution in [2.24, 2.45) is 5.92 Å². The van der Waals surface area contributed by atoms with Crippen LogP contribution in [0.1, 0.15) is 59.3 Å². The van der Waals surface area contributed by atoms with E-state index in [1.807, 2.05) is 0 Å². The molecule has 90 valence electrons. The molecule has 1 aliphatic rings. The minimum absolute atomic E-state index is 0.321. The van der Waals surface area contributed by atoms with Crippen molar-refractivity contribution in [3.63, 3.8) is 0 Å². The lowest BCUT2D eigenvalue weighted by molar-refractivity contribution is -0.0290. The van der Waals surface area contributed by atoms with Crippen molar-refractivity contribution < 1.29 is 5.11 Å². The molecule has 0 bridgehead atoms. The minimum Gasteiger partial charge on any atom is -0.388 e. The second-order valence-electron chi connectivity index (χ2n) is 5.24. The summed E-state index contributed by atoms with van der Waals surface area (Å²) in [6.45, 7) is 7.69. The molecule has 1 heterocycles. The maximum Gasteiger partial charge on any atom is 0.0799 e. The molecule has 1 rings (SSSR count). The van der Waals surface area contributed by atoms with Gasteiger partial charge in [-0.3, -0.25) is 0 Å². The van der Waals surface area contributed by atoms with Gasteiger partial charge in [-0.25, -0.2) is 0 Å². The monoisotopic (exact) mass is 213 g/mol. The molecule has 2 atom stereocenters. The topological polar surface area (TPSA) is 32.3 Å². The van der Waals surface area contributed by atoms with Gasteiger partial charge in [0.25, 0.3) is 0 Å². The van der Waals surface area contributed by atoms with Crippen LogP contribution < -0.4 is 5.32 Å². The average Bonchev–Trinajstić information content (AvgIpc) is 2.18. The van der Waals surface area contributed by atoms with E-state index in [1.165, 1.54) is 6.42 Å². The predicted molar refractivity (Wildman–Crippen MR) is 65.0 cm³/mol. The first-order valence-corrected chi connectivity index (χ1v) is 6.58. The van der Waals surface area contributed by atoms with Crippen LogP contribution in [0.25, 0.3) is 0 Å². The Morgan fingerprint density at radius 2 is 1.87 bits per heavy atom. The summed E-state index contributed by atoms with van der Waals surface area (Å²) < 4.78 is 0. The van der Waals surface area contributed by atoms with Crippen molar-refractivity contribution in [1.82, 2.24) is 5.32 Å². The normalized spacial score (nSPS) is 28.0. The smallest absolute Gasteiger partial charge is 0.0799 e. The number of hydrogen-bond donors (Lipinski definition) is 2. The van der Waals surface area contributed by atoms with Gasteiger partial charge in [0.05, 0.1) is 5.60 Å². The van der Waals surface area contributed by atoms with E-state index in [-0.39, 0.29) is 0 Å². The first-order valence-electron chi connectivity index (χ1n) is 6.58. The lowest BCUT2D eigenvalue weighted by atomic mass is 9.78. The maximum atomic E-state index is 10.7. The molecular formula is C13H27NO. The van der Waals surface area contributed by atoms with E-state index in [0.717, 1.165) is 44.6 Å². The van der Waals surface area contributed by atoms with E-state index < -0.39 is 5.60 Å². The highest BCUT2D eigenvalue weighted by Crippen LogP contribution is 2.30. The summed E-state index contributed by atoms with van der Waals surface area (Å²) in [6.07, 6.45) is 6.41. The Morgan fingerprint density at radius 3 is 2.33 bits per heavy atom. The van der Waals surface area contributed by atoms with Gasteiger partial charge >= 0.3 is 0 Å². The molecule has 0 aliphatic carbocycles. The summed E-state index contributed by atoms with van der Waals surface area (Å²) in [5.41, 5.74) is -0.460. The summed E-state index contributed by atoms with van der Waals surface area (Å²) in [5.74, 6) is 0.761. The van der Waals surface area contributed by atoms with Gasteiger partial charge in [0.2, 0.25) is 0 Å². The molecule has 0 aromatic rings. The summed E-state index contributed by atoms with van der Waals surface area (Å²) in [7, 11) is 0. The number of rotatable bonds is 5. The van der Waals surface area contributed by atoms with Crippen LogP contribution in [-0.2, 0) is 0 Å². The SMILES string of the molecule is CCCC(O)(CCC)C1CC(C)CCN1. The van der Waals surface area contributed by atoms with Crippen molar-refractivity contribution in [2.75, 3.05) is 6.54 Å². The molecule has 2 N–H and O–H groups in total. The number of nitrogens with one attached hydrogen (secondary N) is 1. The van der Waals surface area contributed by atoms with Gasteiger partial charge in [-0.1, -0.05) is 33.6 Å². The fourth-order valence-corrected chi connectivity index (χ4v) is 2.86. The molecule has 0 spiro atoms. The lowest BCUT2D eigenvalue weighted by Crippen LogP contribution is -2.54. The zero-order valence-corrected chi connectivity index (χ0v) is 10.6. The maximum absolute atomic E-state index is 10.7. The molecule has 0 amide bonds. The van der Waals surface area contributed by atoms with Crippen molar-refractivity contribution in [2.45, 2.75) is 70.9 Å². The Morgan fingerprint density at radius 1 is 1.27 bits per heavy atom. The second kappa shape index (κ2) is 5.86. The van der Waals surface area contributed by atoms with Gasteiger partial charge in [0, 0.05) is 6.04 Å². The first-order chi connectivity index (χ1) is 7.12. The highest BCUT2D eigenvalue weighted by Gasteiger charge is 2.36. The predicted octanol–water partition coefficient (Wildman–Crippen LogP) is 2.71. The summed E-state index contributed by atoms with van der Waals surface area (Å²) >= 11 is 0. The molecule has 2 nitrogen and oxygen atoms in total. The Labute approximate surface area is 94.5 Å². The van der Waals surface area contributed by atoms with E-state index in [2.05, 4.69) is 26.1 Å². The van der Waals surface area contributed by atoms with E-state index in [9.17, 15) is 5.11 Å². The zero-order valence-electron chi connectivity index (χ0n) is 10.6. The number of piperidine rings is 1. The van der Waals surface area contributed by atoms with Gasteiger partial charge in [-0.2, -0.15) is 0 Å². The van der Waals surface area contributed by atoms with Crippen molar-refractivity contribution >= 4 is 0 Å². The third kappa shape index (κ3) is 3.46. The molecule has 1 saturated heterocycles. The summed E-state index contributed by atoms with van der Waals surface area (Å²) in [4.78, 5) is 0. The molecule has 0 radical (unpaired) electrons. The summed E-state index contributed by atoms with van der Waals surface area (Å²) in [5, 5.41) is 14.2. The van der Waals surface area contributed by atoms with E-state index in [4.69, 9.17) is 0 Å². The van der Waals surface area contributed by atoms with Crippen LogP contribution in [0.15, 0.2) is 0 Å². The van der Waals surface area contributed by atoms with Gasteiger partial charge in [-0.05, 0) is 38.1 Å². The second-order valence-corrected chi connectivity index (χ2v) is 5.24. The van der Waals surface area contributed by atoms with E-state index >= 15 is 0 Å². The molecule has 2 heteroatoms. The third-order valence-electron chi connectivity index (χ3n) is 3.68. The van der Waals surface area contributed by atoms with E-state index in [0.29, 0.717) is 6.04 Å². The molecule has 1 aliphatic heterocycles. The van der Waals surface area contributed by atoms with Gasteiger partial charge < -0.3 is 10.4 Å². The quantitative estimate of drug-likeness (QED) is 0.736. The lowest BCUT2D eigenvalue weighted by Gasteiger charge is -2.41. The van der Waals surface area contributed by atoms with Crippen LogP contribution >= 0.6 is 0 Å². The van der Waals surface area contributed by atoms with Crippen LogP contribution in [-0.4, -0.2) is 23.3 Å². The average molecular weight is 213 g/mol. The summed E-state index contributed by atoms with van der Waals surface area (Å²) in [6, 6.07) is 0.321. The molecular weight excluding hydrogens is 186 g/mol. The van der Waals surface area contributed by atoms with Crippen LogP contribution in [0.3, 0.4) is 0 Å². The molecule has 2 unspecified atom stereocenters. The number of aliphatic hydroxyl groups is 1. The number of hydrogen-bond acceptors (Lipinski definition) is 2. The Balaban J connectivity index is 2.60. The minimum atomic E-state index is -0.460. The van der Waals surface area contributed by atoms with Crippen LogP contribution in [0.4, 0.5) is 0 Å². The standard InChI is InChI=1S/C13H27NO/c1-4-7-13(15,8-5-2)12-10-11(3)6-9-14-12/h11-12,14-15H,4-10H2,1-3H3. The van der Waals surface area contributed by atoms with E-state index in [1.54, 1.807) is 0 Å². The fourth-order valence-electron chi connectivity index (χ4n) is 2.86. The molecule has 15 heavy (non-hydrogen) atoms. The largest absolute Gasteiger partial charge is 0.388 e. The van der Waals surface area contributed by atoms with Crippen molar-refractivity contribution in [3.05, 3.63) is 0 Å². The Bertz CT molecular complexity index is 175. The van der Waals surface area contributed by atoms with Gasteiger partial charge in [-0.15, -0.1) is 0 Å². The van der Waals surface area contributed by atoms with Crippen molar-refractivity contribution in [3.8, 4) is 0 Å². The van der Waals surface area contributed by atoms with Crippen LogP contribution in [0.2, 0.25) is 0 Å². The highest BCUT2D eigenvalue weighted by atomic mass is 16.3. The third-order valence-corrected chi connectivity index (χ3v) is 3.68. The fraction of sp³-hybridized carbons (Fsp3) is 1.00.